The van der Waals surface area contributed by atoms with Crippen molar-refractivity contribution in [3.63, 3.8) is 0 Å². The predicted molar refractivity (Wildman–Crippen MR) is 148 cm³/mol. The smallest absolute Gasteiger partial charge is 0.411 e. The normalized spacial score (nSPS) is 11.6. The summed E-state index contributed by atoms with van der Waals surface area (Å²) in [6.45, 7) is 2.22. The van der Waals surface area contributed by atoms with E-state index in [2.05, 4.69) is 20.3 Å². The van der Waals surface area contributed by atoms with Crippen molar-refractivity contribution in [3.05, 3.63) is 90.8 Å². The third-order valence-electron chi connectivity index (χ3n) is 5.87. The molecule has 0 fully saturated rings. The van der Waals surface area contributed by atoms with Gasteiger partial charge in [0.1, 0.15) is 13.3 Å². The van der Waals surface area contributed by atoms with Crippen molar-refractivity contribution in [2.24, 2.45) is 5.41 Å². The molecule has 1 aromatic heterocycles. The summed E-state index contributed by atoms with van der Waals surface area (Å²) >= 11 is 0. The fourth-order valence-electron chi connectivity index (χ4n) is 3.59. The molecule has 0 saturated carbocycles. The van der Waals surface area contributed by atoms with Crippen molar-refractivity contribution in [1.29, 1.82) is 0 Å². The number of pyridine rings is 1. The molecule has 11 heteroatoms. The van der Waals surface area contributed by atoms with Gasteiger partial charge in [-0.05, 0) is 67.9 Å². The van der Waals surface area contributed by atoms with E-state index >= 15 is 0 Å². The Hall–Kier alpha value is -4.51. The van der Waals surface area contributed by atoms with Crippen molar-refractivity contribution in [3.8, 4) is 0 Å². The van der Waals surface area contributed by atoms with Crippen molar-refractivity contribution in [2.45, 2.75) is 25.3 Å². The Kier molecular flexibility index (Phi) is 8.10. The average Bonchev–Trinajstić information content (AvgIpc) is 2.93. The Morgan fingerprint density at radius 2 is 1.51 bits per heavy atom. The number of rotatable bonds is 9. The molecular weight excluding hydrogens is 523 g/mol. The number of hydrogen-bond acceptors (Lipinski definition) is 6. The van der Waals surface area contributed by atoms with Gasteiger partial charge in [-0.2, -0.15) is 0 Å². The number of carbonyl (C=O) groups is 2. The van der Waals surface area contributed by atoms with Gasteiger partial charge in [0.2, 0.25) is 5.91 Å². The monoisotopic (exact) mass is 550 g/mol. The molecule has 4 rings (SSSR count). The number of sulfonamides is 1. The maximum absolute atomic E-state index is 13.3. The van der Waals surface area contributed by atoms with Crippen LogP contribution in [0.4, 0.5) is 26.2 Å². The van der Waals surface area contributed by atoms with Gasteiger partial charge in [-0.25, -0.2) is 17.6 Å². The molecule has 202 valence electrons. The highest BCUT2D eigenvalue weighted by Crippen LogP contribution is 2.30. The van der Waals surface area contributed by atoms with E-state index in [1.807, 2.05) is 0 Å². The SMILES string of the molecule is CC(C)(CF)C(=O)Nc1ccc(NS(=O)(=O)c2cccc3c(NC(=O)OCc4ccncc4)cccc23)cc1. The highest BCUT2D eigenvalue weighted by Gasteiger charge is 2.27. The molecule has 2 amide bonds. The van der Waals surface area contributed by atoms with Crippen molar-refractivity contribution in [2.75, 3.05) is 22.0 Å². The van der Waals surface area contributed by atoms with Gasteiger partial charge in [0, 0.05) is 34.5 Å². The molecule has 4 aromatic rings. The van der Waals surface area contributed by atoms with Gasteiger partial charge in [-0.1, -0.05) is 24.3 Å². The number of halogens is 1. The van der Waals surface area contributed by atoms with E-state index in [0.717, 1.165) is 5.56 Å². The molecule has 1 heterocycles. The lowest BCUT2D eigenvalue weighted by Gasteiger charge is -2.19. The quantitative estimate of drug-likeness (QED) is 0.245. The minimum absolute atomic E-state index is 0.0101. The van der Waals surface area contributed by atoms with Crippen LogP contribution in [0.5, 0.6) is 0 Å². The van der Waals surface area contributed by atoms with Crippen LogP contribution >= 0.6 is 0 Å². The van der Waals surface area contributed by atoms with Crippen LogP contribution in [0, 0.1) is 5.41 Å². The molecule has 0 radical (unpaired) electrons. The Balaban J connectivity index is 1.50. The van der Waals surface area contributed by atoms with Crippen molar-refractivity contribution >= 4 is 49.9 Å². The number of amides is 2. The molecule has 0 aliphatic rings. The minimum Gasteiger partial charge on any atom is -0.444 e. The molecule has 3 aromatic carbocycles. The zero-order valence-electron chi connectivity index (χ0n) is 21.3. The lowest BCUT2D eigenvalue weighted by molar-refractivity contribution is -0.124. The number of nitrogens with one attached hydrogen (secondary N) is 3. The Bertz CT molecular complexity index is 1590. The summed E-state index contributed by atoms with van der Waals surface area (Å²) in [6.07, 6.45) is 2.51. The third-order valence-corrected chi connectivity index (χ3v) is 7.31. The molecular formula is C28H27FN4O5S. The number of aromatic nitrogens is 1. The topological polar surface area (TPSA) is 126 Å². The van der Waals surface area contributed by atoms with E-state index in [9.17, 15) is 22.4 Å². The van der Waals surface area contributed by atoms with E-state index in [1.54, 1.807) is 54.9 Å². The van der Waals surface area contributed by atoms with E-state index < -0.39 is 34.1 Å². The number of fused-ring (bicyclic) bond motifs is 1. The van der Waals surface area contributed by atoms with E-state index in [-0.39, 0.29) is 17.2 Å². The summed E-state index contributed by atoms with van der Waals surface area (Å²) in [5, 5.41) is 6.19. The average molecular weight is 551 g/mol. The number of alkyl halides is 1. The first kappa shape index (κ1) is 27.5. The van der Waals surface area contributed by atoms with Crippen molar-refractivity contribution in [1.82, 2.24) is 4.98 Å². The van der Waals surface area contributed by atoms with E-state index in [0.29, 0.717) is 22.1 Å². The second kappa shape index (κ2) is 11.5. The van der Waals surface area contributed by atoms with Crippen LogP contribution in [0.2, 0.25) is 0 Å². The summed E-state index contributed by atoms with van der Waals surface area (Å²) in [5.74, 6) is -0.486. The molecule has 0 atom stereocenters. The van der Waals surface area contributed by atoms with Crippen LogP contribution in [-0.4, -0.2) is 32.1 Å². The largest absolute Gasteiger partial charge is 0.444 e. The second-order valence-electron chi connectivity index (χ2n) is 9.37. The van der Waals surface area contributed by atoms with Crippen LogP contribution in [0.15, 0.2) is 90.1 Å². The summed E-state index contributed by atoms with van der Waals surface area (Å²) in [6, 6.07) is 19.1. The lowest BCUT2D eigenvalue weighted by atomic mass is 9.94. The summed E-state index contributed by atoms with van der Waals surface area (Å²) in [4.78, 5) is 28.5. The summed E-state index contributed by atoms with van der Waals surface area (Å²) < 4.78 is 47.5. The van der Waals surface area contributed by atoms with Gasteiger partial charge < -0.3 is 10.1 Å². The Labute approximate surface area is 225 Å². The van der Waals surface area contributed by atoms with Crippen LogP contribution in [-0.2, 0) is 26.2 Å². The highest BCUT2D eigenvalue weighted by atomic mass is 32.2. The molecule has 0 unspecified atom stereocenters. The predicted octanol–water partition coefficient (Wildman–Crippen LogP) is 5.72. The number of nitrogens with zero attached hydrogens (tertiary/aromatic N) is 1. The van der Waals surface area contributed by atoms with Gasteiger partial charge in [0.25, 0.3) is 10.0 Å². The standard InChI is InChI=1S/C28H27FN4O5S/c1-28(2,18-29)26(34)31-20-9-11-21(12-10-20)33-39(36,37)25-8-4-5-22-23(25)6-3-7-24(22)32-27(35)38-17-19-13-15-30-16-14-19/h3-16,33H,17-18H2,1-2H3,(H,31,34)(H,32,35). The molecule has 9 nitrogen and oxygen atoms in total. The Morgan fingerprint density at radius 3 is 2.21 bits per heavy atom. The molecule has 0 saturated heterocycles. The molecule has 0 aliphatic heterocycles. The Morgan fingerprint density at radius 1 is 0.872 bits per heavy atom. The second-order valence-corrected chi connectivity index (χ2v) is 11.0. The van der Waals surface area contributed by atoms with Gasteiger partial charge in [-0.3, -0.25) is 19.8 Å². The highest BCUT2D eigenvalue weighted by molar-refractivity contribution is 7.93. The number of ether oxygens (including phenoxy) is 1. The fourth-order valence-corrected chi connectivity index (χ4v) is 4.87. The third kappa shape index (κ3) is 6.68. The number of hydrogen-bond donors (Lipinski definition) is 3. The van der Waals surface area contributed by atoms with E-state index in [1.165, 1.54) is 44.2 Å². The minimum atomic E-state index is -4.03. The first-order chi connectivity index (χ1) is 18.6. The van der Waals surface area contributed by atoms with Gasteiger partial charge in [-0.15, -0.1) is 0 Å². The summed E-state index contributed by atoms with van der Waals surface area (Å²) in [5.41, 5.74) is 0.653. The first-order valence-electron chi connectivity index (χ1n) is 11.9. The van der Waals surface area contributed by atoms with Crippen molar-refractivity contribution < 1.29 is 27.1 Å². The van der Waals surface area contributed by atoms with Crippen LogP contribution < -0.4 is 15.4 Å². The lowest BCUT2D eigenvalue weighted by Crippen LogP contribution is -2.32. The molecule has 3 N–H and O–H groups in total. The van der Waals surface area contributed by atoms with Gasteiger partial charge in [0.05, 0.1) is 16.0 Å². The van der Waals surface area contributed by atoms with Crippen LogP contribution in [0.1, 0.15) is 19.4 Å². The number of carbonyl (C=O) groups excluding carboxylic acids is 2. The maximum Gasteiger partial charge on any atom is 0.411 e. The van der Waals surface area contributed by atoms with E-state index in [4.69, 9.17) is 4.74 Å². The van der Waals surface area contributed by atoms with Gasteiger partial charge in [0.15, 0.2) is 0 Å². The molecule has 0 bridgehead atoms. The molecule has 0 spiro atoms. The maximum atomic E-state index is 13.3. The number of benzene rings is 3. The molecule has 39 heavy (non-hydrogen) atoms. The zero-order chi connectivity index (χ0) is 28.0. The van der Waals surface area contributed by atoms with Gasteiger partial charge >= 0.3 is 6.09 Å². The van der Waals surface area contributed by atoms with Crippen LogP contribution in [0.3, 0.4) is 0 Å². The van der Waals surface area contributed by atoms with Crippen LogP contribution in [0.25, 0.3) is 10.8 Å². The fraction of sp³-hybridized carbons (Fsp3) is 0.179. The number of anilines is 3. The first-order valence-corrected chi connectivity index (χ1v) is 13.4. The zero-order valence-corrected chi connectivity index (χ0v) is 22.1. The molecule has 0 aliphatic carbocycles. The summed E-state index contributed by atoms with van der Waals surface area (Å²) in [7, 11) is -4.03.